The number of hydrogen-bond acceptors (Lipinski definition) is 2. The second kappa shape index (κ2) is 7.46. The van der Waals surface area contributed by atoms with E-state index in [0.717, 1.165) is 36.8 Å². The van der Waals surface area contributed by atoms with Crippen molar-refractivity contribution in [1.82, 2.24) is 14.9 Å². The molecule has 1 aromatic carbocycles. The number of benzene rings is 1. The molecule has 20 heavy (non-hydrogen) atoms. The van der Waals surface area contributed by atoms with Gasteiger partial charge in [-0.2, -0.15) is 0 Å². The zero-order valence-corrected chi connectivity index (χ0v) is 12.9. The summed E-state index contributed by atoms with van der Waals surface area (Å²) < 4.78 is 2.20. The first-order chi connectivity index (χ1) is 9.72. The van der Waals surface area contributed by atoms with Crippen LogP contribution in [-0.2, 0) is 19.4 Å². The number of hydrogen-bond donors (Lipinski definition) is 1. The van der Waals surface area contributed by atoms with E-state index in [0.29, 0.717) is 6.04 Å². The van der Waals surface area contributed by atoms with Crippen molar-refractivity contribution in [2.75, 3.05) is 6.54 Å². The largest absolute Gasteiger partial charge is 0.335 e. The molecule has 1 atom stereocenters. The van der Waals surface area contributed by atoms with Gasteiger partial charge in [0, 0.05) is 36.4 Å². The molecule has 1 aromatic heterocycles. The van der Waals surface area contributed by atoms with Gasteiger partial charge in [0.05, 0.1) is 0 Å². The third-order valence-corrected chi connectivity index (χ3v) is 3.67. The van der Waals surface area contributed by atoms with Gasteiger partial charge >= 0.3 is 0 Å². The summed E-state index contributed by atoms with van der Waals surface area (Å²) in [6.45, 7) is 6.20. The van der Waals surface area contributed by atoms with Gasteiger partial charge in [0.25, 0.3) is 0 Å². The molecule has 0 saturated carbocycles. The lowest BCUT2D eigenvalue weighted by Gasteiger charge is -2.18. The normalized spacial score (nSPS) is 12.6. The average molecular weight is 292 g/mol. The molecule has 2 aromatic rings. The molecule has 1 heterocycles. The predicted octanol–water partition coefficient (Wildman–Crippen LogP) is 3.32. The van der Waals surface area contributed by atoms with Gasteiger partial charge in [0.15, 0.2) is 0 Å². The minimum absolute atomic E-state index is 0.381. The van der Waals surface area contributed by atoms with Crippen LogP contribution in [0.15, 0.2) is 36.7 Å². The Hall–Kier alpha value is -1.32. The van der Waals surface area contributed by atoms with Crippen LogP contribution in [0.4, 0.5) is 0 Å². The Morgan fingerprint density at radius 1 is 1.30 bits per heavy atom. The Morgan fingerprint density at radius 2 is 2.15 bits per heavy atom. The molecule has 0 aliphatic heterocycles. The molecule has 0 amide bonds. The van der Waals surface area contributed by atoms with Crippen LogP contribution >= 0.6 is 11.6 Å². The molecule has 0 fully saturated rings. The van der Waals surface area contributed by atoms with Crippen LogP contribution in [-0.4, -0.2) is 22.1 Å². The van der Waals surface area contributed by atoms with Crippen LogP contribution in [0.2, 0.25) is 5.02 Å². The molecule has 1 unspecified atom stereocenters. The van der Waals surface area contributed by atoms with Gasteiger partial charge in [0.1, 0.15) is 5.82 Å². The number of nitrogens with one attached hydrogen (secondary N) is 1. The van der Waals surface area contributed by atoms with Gasteiger partial charge in [-0.05, 0) is 37.6 Å². The van der Waals surface area contributed by atoms with Crippen molar-refractivity contribution < 1.29 is 0 Å². The van der Waals surface area contributed by atoms with Crippen LogP contribution < -0.4 is 5.32 Å². The molecule has 0 aliphatic carbocycles. The number of nitrogens with zero attached hydrogens (tertiary/aromatic N) is 2. The summed E-state index contributed by atoms with van der Waals surface area (Å²) in [5.74, 6) is 1.14. The Labute approximate surface area is 126 Å². The topological polar surface area (TPSA) is 29.9 Å². The van der Waals surface area contributed by atoms with Gasteiger partial charge in [-0.25, -0.2) is 4.98 Å². The van der Waals surface area contributed by atoms with Gasteiger partial charge < -0.3 is 9.88 Å². The molecule has 3 nitrogen and oxygen atoms in total. The zero-order valence-electron chi connectivity index (χ0n) is 12.1. The van der Waals surface area contributed by atoms with E-state index in [1.807, 2.05) is 30.6 Å². The van der Waals surface area contributed by atoms with E-state index in [9.17, 15) is 0 Å². The van der Waals surface area contributed by atoms with E-state index >= 15 is 0 Å². The van der Waals surface area contributed by atoms with E-state index in [4.69, 9.17) is 11.6 Å². The van der Waals surface area contributed by atoms with Crippen molar-refractivity contribution in [2.24, 2.45) is 0 Å². The second-order valence-corrected chi connectivity index (χ2v) is 5.36. The first kappa shape index (κ1) is 15.1. The minimum atomic E-state index is 0.381. The first-order valence-electron chi connectivity index (χ1n) is 7.20. The van der Waals surface area contributed by atoms with Gasteiger partial charge in [-0.15, -0.1) is 0 Å². The van der Waals surface area contributed by atoms with Crippen molar-refractivity contribution in [2.45, 2.75) is 39.3 Å². The lowest BCUT2D eigenvalue weighted by molar-refractivity contribution is 0.499. The molecule has 0 aliphatic rings. The maximum absolute atomic E-state index is 6.06. The van der Waals surface area contributed by atoms with Gasteiger partial charge in [-0.1, -0.05) is 30.7 Å². The van der Waals surface area contributed by atoms with Crippen molar-refractivity contribution in [3.8, 4) is 0 Å². The Kier molecular flexibility index (Phi) is 5.62. The molecule has 0 spiro atoms. The second-order valence-electron chi connectivity index (χ2n) is 4.92. The maximum atomic E-state index is 6.06. The van der Waals surface area contributed by atoms with E-state index in [1.54, 1.807) is 0 Å². The molecule has 1 N–H and O–H groups in total. The zero-order chi connectivity index (χ0) is 14.4. The van der Waals surface area contributed by atoms with Gasteiger partial charge in [0.2, 0.25) is 0 Å². The molecule has 0 radical (unpaired) electrons. The lowest BCUT2D eigenvalue weighted by atomic mass is 10.0. The molecular weight excluding hydrogens is 270 g/mol. The van der Waals surface area contributed by atoms with E-state index in [1.165, 1.54) is 5.56 Å². The molecule has 108 valence electrons. The van der Waals surface area contributed by atoms with Gasteiger partial charge in [-0.3, -0.25) is 0 Å². The predicted molar refractivity (Wildman–Crippen MR) is 84.2 cm³/mol. The van der Waals surface area contributed by atoms with Crippen LogP contribution in [0, 0.1) is 0 Å². The van der Waals surface area contributed by atoms with E-state index < -0.39 is 0 Å². The van der Waals surface area contributed by atoms with Crippen molar-refractivity contribution in [3.05, 3.63) is 53.1 Å². The van der Waals surface area contributed by atoms with E-state index in [2.05, 4.69) is 34.8 Å². The van der Waals surface area contributed by atoms with Crippen molar-refractivity contribution >= 4 is 11.6 Å². The monoisotopic (exact) mass is 291 g/mol. The first-order valence-corrected chi connectivity index (χ1v) is 7.58. The fraction of sp³-hybridized carbons (Fsp3) is 0.438. The molecule has 4 heteroatoms. The highest BCUT2D eigenvalue weighted by Crippen LogP contribution is 2.14. The number of rotatable bonds is 7. The van der Waals surface area contributed by atoms with Crippen LogP contribution in [0.1, 0.15) is 25.2 Å². The Balaban J connectivity index is 2.07. The number of aromatic nitrogens is 2. The Morgan fingerprint density at radius 3 is 2.85 bits per heavy atom. The number of likely N-dealkylation sites (N-methyl/N-ethyl adjacent to an activating group) is 1. The standard InChI is InChI=1S/C16H22ClN3/c1-3-18-15(11-13-6-5-7-14(17)10-13)12-16-19-8-9-20(16)4-2/h5-10,15,18H,3-4,11-12H2,1-2H3. The highest BCUT2D eigenvalue weighted by molar-refractivity contribution is 6.30. The molecule has 0 saturated heterocycles. The SMILES string of the molecule is CCNC(Cc1cccc(Cl)c1)Cc1nccn1CC. The Bertz CT molecular complexity index is 536. The average Bonchev–Trinajstić information content (AvgIpc) is 2.86. The summed E-state index contributed by atoms with van der Waals surface area (Å²) in [4.78, 5) is 4.47. The molecule has 2 rings (SSSR count). The minimum Gasteiger partial charge on any atom is -0.335 e. The third kappa shape index (κ3) is 4.09. The summed E-state index contributed by atoms with van der Waals surface area (Å²) in [5.41, 5.74) is 1.26. The number of aryl methyl sites for hydroxylation is 1. The lowest BCUT2D eigenvalue weighted by Crippen LogP contribution is -2.34. The summed E-state index contributed by atoms with van der Waals surface area (Å²) in [7, 11) is 0. The molecular formula is C16H22ClN3. The highest BCUT2D eigenvalue weighted by Gasteiger charge is 2.13. The fourth-order valence-corrected chi connectivity index (χ4v) is 2.70. The van der Waals surface area contributed by atoms with E-state index in [-0.39, 0.29) is 0 Å². The highest BCUT2D eigenvalue weighted by atomic mass is 35.5. The summed E-state index contributed by atoms with van der Waals surface area (Å²) in [6, 6.07) is 8.47. The van der Waals surface area contributed by atoms with Crippen molar-refractivity contribution in [1.29, 1.82) is 0 Å². The third-order valence-electron chi connectivity index (χ3n) is 3.44. The smallest absolute Gasteiger partial charge is 0.110 e. The number of imidazole rings is 1. The van der Waals surface area contributed by atoms with Crippen molar-refractivity contribution in [3.63, 3.8) is 0 Å². The summed E-state index contributed by atoms with van der Waals surface area (Å²) in [6.07, 6.45) is 5.81. The summed E-state index contributed by atoms with van der Waals surface area (Å²) >= 11 is 6.06. The van der Waals surface area contributed by atoms with Crippen LogP contribution in [0.5, 0.6) is 0 Å². The van der Waals surface area contributed by atoms with Crippen LogP contribution in [0.3, 0.4) is 0 Å². The quantitative estimate of drug-likeness (QED) is 0.848. The number of halogens is 1. The maximum Gasteiger partial charge on any atom is 0.110 e. The fourth-order valence-electron chi connectivity index (χ4n) is 2.49. The molecule has 0 bridgehead atoms. The van der Waals surface area contributed by atoms with Crippen LogP contribution in [0.25, 0.3) is 0 Å². The summed E-state index contributed by atoms with van der Waals surface area (Å²) in [5, 5.41) is 4.34.